The summed E-state index contributed by atoms with van der Waals surface area (Å²) >= 11 is 0. The Morgan fingerprint density at radius 1 is 0.740 bits per heavy atom. The van der Waals surface area contributed by atoms with E-state index in [1.165, 1.54) is 0 Å². The van der Waals surface area contributed by atoms with Crippen LogP contribution < -0.4 is 43.0 Å². The molecular weight excluding hydrogens is 652 g/mol. The molecule has 1 aliphatic rings. The highest BCUT2D eigenvalue weighted by Crippen LogP contribution is 2.07. The molecule has 0 unspecified atom stereocenters. The van der Waals surface area contributed by atoms with E-state index in [1.807, 2.05) is 30.3 Å². The lowest BCUT2D eigenvalue weighted by molar-refractivity contribution is -0.135. The van der Waals surface area contributed by atoms with E-state index in [0.717, 1.165) is 11.1 Å². The molecule has 17 nitrogen and oxygen atoms in total. The number of hydrogen-bond acceptors (Lipinski definition) is 9. The Morgan fingerprint density at radius 3 is 1.94 bits per heavy atom. The average Bonchev–Trinajstić information content (AvgIpc) is 3.54. The first-order chi connectivity index (χ1) is 23.9. The van der Waals surface area contributed by atoms with Gasteiger partial charge in [0.2, 0.25) is 47.3 Å². The minimum absolute atomic E-state index is 0.0862. The smallest absolute Gasteiger partial charge is 0.245 e. The van der Waals surface area contributed by atoms with Gasteiger partial charge in [-0.15, -0.1) is 0 Å². The van der Waals surface area contributed by atoms with Gasteiger partial charge in [0.1, 0.15) is 24.2 Å². The predicted octanol–water partition coefficient (Wildman–Crippen LogP) is -3.58. The number of amides is 8. The highest BCUT2D eigenvalue weighted by atomic mass is 16.3. The van der Waals surface area contributed by atoms with Crippen LogP contribution in [0.1, 0.15) is 30.4 Å². The first kappa shape index (κ1) is 38.6. The second-order valence-corrected chi connectivity index (χ2v) is 11.5. The molecule has 4 atom stereocenters. The van der Waals surface area contributed by atoms with Gasteiger partial charge < -0.3 is 48.1 Å². The molecule has 2 aromatic carbocycles. The Morgan fingerprint density at radius 2 is 1.34 bits per heavy atom. The van der Waals surface area contributed by atoms with Crippen molar-refractivity contribution in [3.8, 4) is 0 Å². The summed E-state index contributed by atoms with van der Waals surface area (Å²) in [5, 5.41) is 26.7. The summed E-state index contributed by atoms with van der Waals surface area (Å²) in [6.07, 6.45) is 0.445. The lowest BCUT2D eigenvalue weighted by Crippen LogP contribution is -2.59. The van der Waals surface area contributed by atoms with E-state index in [1.54, 1.807) is 30.3 Å². The summed E-state index contributed by atoms with van der Waals surface area (Å²) < 4.78 is 0. The van der Waals surface area contributed by atoms with Gasteiger partial charge >= 0.3 is 0 Å². The van der Waals surface area contributed by atoms with Crippen molar-refractivity contribution in [2.75, 3.05) is 26.2 Å². The van der Waals surface area contributed by atoms with Gasteiger partial charge in [-0.2, -0.15) is 0 Å². The highest BCUT2D eigenvalue weighted by molar-refractivity contribution is 5.97. The SMILES string of the molecule is NC(=O)C[C@H](NC(=O)[C@H](CO)NC(=O)CNC(=O)CNC(=O)[C@@H]1CCC(=O)N1)C(=O)N[C@@H](Cc1ccccc1)C(=O)NCCc1ccccc1. The molecule has 1 aliphatic heterocycles. The Balaban J connectivity index is 1.56. The first-order valence-electron chi connectivity index (χ1n) is 15.9. The molecule has 17 heteroatoms. The topological polar surface area (TPSA) is 267 Å². The Bertz CT molecular complexity index is 1520. The van der Waals surface area contributed by atoms with Crippen molar-refractivity contribution in [2.45, 2.75) is 56.3 Å². The van der Waals surface area contributed by atoms with Crippen molar-refractivity contribution < 1.29 is 43.5 Å². The van der Waals surface area contributed by atoms with Gasteiger partial charge in [-0.25, -0.2) is 0 Å². The predicted molar refractivity (Wildman–Crippen MR) is 177 cm³/mol. The van der Waals surface area contributed by atoms with E-state index >= 15 is 0 Å². The summed E-state index contributed by atoms with van der Waals surface area (Å²) in [6.45, 7) is -1.76. The Labute approximate surface area is 287 Å². The van der Waals surface area contributed by atoms with Crippen LogP contribution in [0.2, 0.25) is 0 Å². The molecule has 3 rings (SSSR count). The molecule has 1 saturated heterocycles. The molecule has 0 bridgehead atoms. The summed E-state index contributed by atoms with van der Waals surface area (Å²) in [5.74, 6) is -5.89. The molecule has 50 heavy (non-hydrogen) atoms. The van der Waals surface area contributed by atoms with Gasteiger partial charge in [0.25, 0.3) is 0 Å². The first-order valence-corrected chi connectivity index (χ1v) is 15.9. The van der Waals surface area contributed by atoms with Crippen molar-refractivity contribution in [3.63, 3.8) is 0 Å². The number of nitrogens with two attached hydrogens (primary N) is 1. The van der Waals surface area contributed by atoms with Crippen LogP contribution in [0.25, 0.3) is 0 Å². The Hall–Kier alpha value is -5.84. The second-order valence-electron chi connectivity index (χ2n) is 11.5. The summed E-state index contributed by atoms with van der Waals surface area (Å²) in [5.41, 5.74) is 7.05. The normalized spacial score (nSPS) is 15.3. The lowest BCUT2D eigenvalue weighted by Gasteiger charge is -2.24. The minimum atomic E-state index is -1.60. The number of hydrogen-bond donors (Lipinski definition) is 9. The number of carbonyl (C=O) groups is 8. The quantitative estimate of drug-likeness (QED) is 0.0703. The van der Waals surface area contributed by atoms with Crippen molar-refractivity contribution >= 4 is 47.3 Å². The molecule has 10 N–H and O–H groups in total. The zero-order valence-electron chi connectivity index (χ0n) is 27.2. The third kappa shape index (κ3) is 13.3. The third-order valence-electron chi connectivity index (χ3n) is 7.53. The molecule has 268 valence electrons. The van der Waals surface area contributed by atoms with Gasteiger partial charge in [0, 0.05) is 19.4 Å². The molecule has 8 amide bonds. The monoisotopic (exact) mass is 694 g/mol. The van der Waals surface area contributed by atoms with Crippen LogP contribution in [0.15, 0.2) is 60.7 Å². The molecule has 2 aromatic rings. The summed E-state index contributed by atoms with van der Waals surface area (Å²) in [4.78, 5) is 99.2. The standard InChI is InChI=1S/C33H42N8O9/c34-26(43)16-24(32(49)40-23(15-21-9-5-2-6-10-21)31(48)35-14-13-20-7-3-1-4-8-20)41-33(50)25(19-42)39-29(46)18-36-28(45)17-37-30(47)22-11-12-27(44)38-22/h1-10,22-25,42H,11-19H2,(H2,34,43)(H,35,48)(H,36,45)(H,37,47)(H,38,44)(H,39,46)(H,40,49)(H,41,50)/t22-,23-,24-,25-/m0/s1. The van der Waals surface area contributed by atoms with E-state index in [-0.39, 0.29) is 25.3 Å². The van der Waals surface area contributed by atoms with Gasteiger partial charge in [-0.3, -0.25) is 38.4 Å². The average molecular weight is 695 g/mol. The largest absolute Gasteiger partial charge is 0.394 e. The number of aliphatic hydroxyl groups is 1. The summed E-state index contributed by atoms with van der Waals surface area (Å²) in [7, 11) is 0. The fourth-order valence-corrected chi connectivity index (χ4v) is 4.89. The van der Waals surface area contributed by atoms with Gasteiger partial charge in [-0.05, 0) is 24.0 Å². The minimum Gasteiger partial charge on any atom is -0.394 e. The van der Waals surface area contributed by atoms with Gasteiger partial charge in [0.15, 0.2) is 0 Å². The molecule has 0 aromatic heterocycles. The maximum Gasteiger partial charge on any atom is 0.245 e. The number of primary amides is 1. The summed E-state index contributed by atoms with van der Waals surface area (Å²) in [6, 6.07) is 13.3. The fourth-order valence-electron chi connectivity index (χ4n) is 4.89. The van der Waals surface area contributed by atoms with Crippen LogP contribution >= 0.6 is 0 Å². The molecule has 0 aliphatic carbocycles. The van der Waals surface area contributed by atoms with Crippen LogP contribution in [0.3, 0.4) is 0 Å². The maximum atomic E-state index is 13.4. The number of benzene rings is 2. The van der Waals surface area contributed by atoms with Crippen LogP contribution in [0.4, 0.5) is 0 Å². The molecule has 0 spiro atoms. The van der Waals surface area contributed by atoms with E-state index in [0.29, 0.717) is 12.8 Å². The van der Waals surface area contributed by atoms with E-state index in [4.69, 9.17) is 5.73 Å². The van der Waals surface area contributed by atoms with E-state index in [2.05, 4.69) is 37.2 Å². The Kier molecular flexibility index (Phi) is 15.3. The van der Waals surface area contributed by atoms with Crippen LogP contribution in [-0.4, -0.2) is 103 Å². The van der Waals surface area contributed by atoms with Gasteiger partial charge in [0.05, 0.1) is 26.1 Å². The molecule has 0 radical (unpaired) electrons. The van der Waals surface area contributed by atoms with Crippen molar-refractivity contribution in [1.29, 1.82) is 0 Å². The van der Waals surface area contributed by atoms with Crippen LogP contribution in [0.5, 0.6) is 0 Å². The van der Waals surface area contributed by atoms with Crippen LogP contribution in [-0.2, 0) is 51.2 Å². The highest BCUT2D eigenvalue weighted by Gasteiger charge is 2.31. The van der Waals surface area contributed by atoms with Crippen LogP contribution in [0, 0.1) is 0 Å². The lowest BCUT2D eigenvalue weighted by atomic mass is 10.0. The van der Waals surface area contributed by atoms with Crippen molar-refractivity contribution in [3.05, 3.63) is 71.8 Å². The maximum absolute atomic E-state index is 13.4. The molecule has 0 saturated carbocycles. The van der Waals surface area contributed by atoms with Crippen molar-refractivity contribution in [2.24, 2.45) is 5.73 Å². The fraction of sp³-hybridized carbons (Fsp3) is 0.394. The van der Waals surface area contributed by atoms with Gasteiger partial charge in [-0.1, -0.05) is 60.7 Å². The molecular formula is C33H42N8O9. The second kappa shape index (κ2) is 19.9. The number of rotatable bonds is 19. The number of aliphatic hydroxyl groups excluding tert-OH is 1. The zero-order chi connectivity index (χ0) is 36.5. The third-order valence-corrected chi connectivity index (χ3v) is 7.53. The number of carbonyl (C=O) groups excluding carboxylic acids is 8. The zero-order valence-corrected chi connectivity index (χ0v) is 27.2. The van der Waals surface area contributed by atoms with E-state index in [9.17, 15) is 43.5 Å². The van der Waals surface area contributed by atoms with E-state index < -0.39 is 91.6 Å². The molecule has 1 fully saturated rings. The number of nitrogens with one attached hydrogen (secondary N) is 7. The molecule has 1 heterocycles. The van der Waals surface area contributed by atoms with Crippen molar-refractivity contribution in [1.82, 2.24) is 37.2 Å².